The van der Waals surface area contributed by atoms with Crippen LogP contribution in [0, 0.1) is 11.8 Å². The molecule has 0 unspecified atom stereocenters. The SMILES string of the molecule is O=C(O)C1CN(C(=O)N2CCC(C(F)(F)F)CC2)C1. The molecule has 0 aliphatic carbocycles. The van der Waals surface area contributed by atoms with Crippen molar-refractivity contribution in [1.82, 2.24) is 9.80 Å². The molecular formula is C11H15F3N2O3. The Balaban J connectivity index is 1.79. The number of amides is 2. The van der Waals surface area contributed by atoms with Gasteiger partial charge in [0.25, 0.3) is 0 Å². The first-order valence-electron chi connectivity index (χ1n) is 6.12. The van der Waals surface area contributed by atoms with Gasteiger partial charge in [0.1, 0.15) is 0 Å². The summed E-state index contributed by atoms with van der Waals surface area (Å²) in [6, 6.07) is -0.349. The maximum atomic E-state index is 12.5. The number of hydrogen-bond acceptors (Lipinski definition) is 2. The van der Waals surface area contributed by atoms with E-state index in [0.29, 0.717) is 0 Å². The molecule has 0 saturated carbocycles. The molecule has 2 rings (SSSR count). The second kappa shape index (κ2) is 4.90. The van der Waals surface area contributed by atoms with Gasteiger partial charge in [0, 0.05) is 26.2 Å². The molecule has 0 atom stereocenters. The Morgan fingerprint density at radius 3 is 2.00 bits per heavy atom. The summed E-state index contributed by atoms with van der Waals surface area (Å²) in [5.74, 6) is -2.82. The van der Waals surface area contributed by atoms with E-state index in [1.54, 1.807) is 0 Å². The first-order chi connectivity index (χ1) is 8.79. The van der Waals surface area contributed by atoms with Crippen molar-refractivity contribution in [3.05, 3.63) is 0 Å². The highest BCUT2D eigenvalue weighted by Crippen LogP contribution is 2.34. The molecule has 0 radical (unpaired) electrons. The zero-order valence-electron chi connectivity index (χ0n) is 10.2. The van der Waals surface area contributed by atoms with Gasteiger partial charge in [-0.25, -0.2) is 4.79 Å². The predicted molar refractivity (Wildman–Crippen MR) is 58.4 cm³/mol. The zero-order valence-corrected chi connectivity index (χ0v) is 10.2. The van der Waals surface area contributed by atoms with Crippen LogP contribution in [0.1, 0.15) is 12.8 Å². The third-order valence-electron chi connectivity index (χ3n) is 3.73. The van der Waals surface area contributed by atoms with Gasteiger partial charge in [-0.1, -0.05) is 0 Å². The summed E-state index contributed by atoms with van der Waals surface area (Å²) in [4.78, 5) is 25.2. The van der Waals surface area contributed by atoms with E-state index in [9.17, 15) is 22.8 Å². The molecule has 8 heteroatoms. The van der Waals surface area contributed by atoms with Gasteiger partial charge in [-0.15, -0.1) is 0 Å². The molecule has 2 aliphatic rings. The molecule has 5 nitrogen and oxygen atoms in total. The smallest absolute Gasteiger partial charge is 0.391 e. The molecule has 1 N–H and O–H groups in total. The van der Waals surface area contributed by atoms with E-state index >= 15 is 0 Å². The third-order valence-corrected chi connectivity index (χ3v) is 3.73. The van der Waals surface area contributed by atoms with Gasteiger partial charge >= 0.3 is 18.2 Å². The van der Waals surface area contributed by atoms with Gasteiger partial charge in [0.15, 0.2) is 0 Å². The number of carbonyl (C=O) groups is 2. The van der Waals surface area contributed by atoms with Crippen LogP contribution in [0.25, 0.3) is 0 Å². The maximum Gasteiger partial charge on any atom is 0.391 e. The lowest BCUT2D eigenvalue weighted by Gasteiger charge is -2.42. The van der Waals surface area contributed by atoms with Crippen LogP contribution >= 0.6 is 0 Å². The first-order valence-corrected chi connectivity index (χ1v) is 6.12. The number of piperidine rings is 1. The summed E-state index contributed by atoms with van der Waals surface area (Å²) in [5.41, 5.74) is 0. The van der Waals surface area contributed by atoms with Crippen LogP contribution in [0.2, 0.25) is 0 Å². The highest BCUT2D eigenvalue weighted by Gasteiger charge is 2.43. The van der Waals surface area contributed by atoms with Crippen LogP contribution in [-0.2, 0) is 4.79 Å². The predicted octanol–water partition coefficient (Wildman–Crippen LogP) is 1.40. The molecule has 0 bridgehead atoms. The molecule has 2 heterocycles. The van der Waals surface area contributed by atoms with Gasteiger partial charge < -0.3 is 14.9 Å². The Labute approximate surface area is 108 Å². The van der Waals surface area contributed by atoms with Gasteiger partial charge in [-0.2, -0.15) is 13.2 Å². The van der Waals surface area contributed by atoms with E-state index in [-0.39, 0.29) is 45.1 Å². The number of halogens is 3. The lowest BCUT2D eigenvalue weighted by atomic mass is 9.96. The van der Waals surface area contributed by atoms with Crippen LogP contribution in [-0.4, -0.2) is 59.3 Å². The van der Waals surface area contributed by atoms with E-state index < -0.39 is 24.0 Å². The second-order valence-electron chi connectivity index (χ2n) is 5.03. The van der Waals surface area contributed by atoms with Crippen molar-refractivity contribution in [2.75, 3.05) is 26.2 Å². The fraction of sp³-hybridized carbons (Fsp3) is 0.818. The Morgan fingerprint density at radius 2 is 1.58 bits per heavy atom. The van der Waals surface area contributed by atoms with E-state index in [2.05, 4.69) is 0 Å². The Hall–Kier alpha value is -1.47. The number of nitrogens with zero attached hydrogens (tertiary/aromatic N) is 2. The first kappa shape index (κ1) is 14.0. The van der Waals surface area contributed by atoms with Crippen LogP contribution in [0.15, 0.2) is 0 Å². The highest BCUT2D eigenvalue weighted by atomic mass is 19.4. The molecular weight excluding hydrogens is 265 g/mol. The average molecular weight is 280 g/mol. The fourth-order valence-corrected chi connectivity index (χ4v) is 2.39. The van der Waals surface area contributed by atoms with Crippen molar-refractivity contribution < 1.29 is 27.9 Å². The van der Waals surface area contributed by atoms with Crippen molar-refractivity contribution in [3.63, 3.8) is 0 Å². The summed E-state index contributed by atoms with van der Waals surface area (Å²) >= 11 is 0. The number of urea groups is 1. The van der Waals surface area contributed by atoms with Crippen molar-refractivity contribution in [2.24, 2.45) is 11.8 Å². The number of carboxylic acid groups (broad SMARTS) is 1. The van der Waals surface area contributed by atoms with Gasteiger partial charge in [0.05, 0.1) is 11.8 Å². The molecule has 0 spiro atoms. The Bertz CT molecular complexity index is 372. The van der Waals surface area contributed by atoms with E-state index in [4.69, 9.17) is 5.11 Å². The van der Waals surface area contributed by atoms with E-state index in [1.807, 2.05) is 0 Å². The topological polar surface area (TPSA) is 60.9 Å². The molecule has 2 saturated heterocycles. The van der Waals surface area contributed by atoms with Crippen LogP contribution < -0.4 is 0 Å². The third kappa shape index (κ3) is 2.93. The summed E-state index contributed by atoms with van der Waals surface area (Å²) in [6.45, 7) is 0.454. The minimum Gasteiger partial charge on any atom is -0.481 e. The number of hydrogen-bond donors (Lipinski definition) is 1. The molecule has 0 aromatic heterocycles. The van der Waals surface area contributed by atoms with Crippen LogP contribution in [0.4, 0.5) is 18.0 Å². The lowest BCUT2D eigenvalue weighted by Crippen LogP contribution is -2.58. The molecule has 0 aromatic rings. The van der Waals surface area contributed by atoms with Gasteiger partial charge in [-0.3, -0.25) is 4.79 Å². The average Bonchev–Trinajstić information content (AvgIpc) is 2.25. The van der Waals surface area contributed by atoms with Crippen LogP contribution in [0.3, 0.4) is 0 Å². The lowest BCUT2D eigenvalue weighted by molar-refractivity contribution is -0.184. The number of carboxylic acids is 1. The van der Waals surface area contributed by atoms with Crippen molar-refractivity contribution in [3.8, 4) is 0 Å². The molecule has 2 fully saturated rings. The second-order valence-corrected chi connectivity index (χ2v) is 5.03. The summed E-state index contributed by atoms with van der Waals surface area (Å²) in [6.07, 6.45) is -4.35. The summed E-state index contributed by atoms with van der Waals surface area (Å²) in [7, 11) is 0. The van der Waals surface area contributed by atoms with Gasteiger partial charge in [0.2, 0.25) is 0 Å². The molecule has 2 aliphatic heterocycles. The largest absolute Gasteiger partial charge is 0.481 e. The Kier molecular flexibility index (Phi) is 3.60. The highest BCUT2D eigenvalue weighted by molar-refractivity contribution is 5.79. The molecule has 19 heavy (non-hydrogen) atoms. The minimum atomic E-state index is -4.19. The van der Waals surface area contributed by atoms with Crippen molar-refractivity contribution >= 4 is 12.0 Å². The number of rotatable bonds is 1. The summed E-state index contributed by atoms with van der Waals surface area (Å²) in [5, 5.41) is 8.69. The standard InChI is InChI=1S/C11H15F3N2O3/c12-11(13,14)8-1-3-15(4-2-8)10(19)16-5-7(6-16)9(17)18/h7-8H,1-6H2,(H,17,18). The number of alkyl halides is 3. The number of carbonyl (C=O) groups excluding carboxylic acids is 1. The fourth-order valence-electron chi connectivity index (χ4n) is 2.39. The summed E-state index contributed by atoms with van der Waals surface area (Å²) < 4.78 is 37.4. The van der Waals surface area contributed by atoms with E-state index in [1.165, 1.54) is 9.80 Å². The van der Waals surface area contributed by atoms with E-state index in [0.717, 1.165) is 0 Å². The van der Waals surface area contributed by atoms with Crippen LogP contribution in [0.5, 0.6) is 0 Å². The normalized spacial score (nSPS) is 22.3. The quantitative estimate of drug-likeness (QED) is 0.789. The monoisotopic (exact) mass is 280 g/mol. The van der Waals surface area contributed by atoms with Gasteiger partial charge in [-0.05, 0) is 12.8 Å². The number of likely N-dealkylation sites (tertiary alicyclic amines) is 2. The molecule has 0 aromatic carbocycles. The minimum absolute atomic E-state index is 0.0779. The number of aliphatic carboxylic acids is 1. The zero-order chi connectivity index (χ0) is 14.2. The Morgan fingerprint density at radius 1 is 1.05 bits per heavy atom. The molecule has 108 valence electrons. The van der Waals surface area contributed by atoms with Crippen molar-refractivity contribution in [2.45, 2.75) is 19.0 Å². The maximum absolute atomic E-state index is 12.5. The van der Waals surface area contributed by atoms with Crippen molar-refractivity contribution in [1.29, 1.82) is 0 Å². The molecule has 2 amide bonds.